The van der Waals surface area contributed by atoms with Gasteiger partial charge in [-0.3, -0.25) is 4.40 Å². The molecule has 2 aliphatic rings. The standard InChI is InChI=1S/C16H23N5O/c17-14-5-3-4-12-10-19(11-13(12)14)8-9-21-16(22)20-7-2-1-6-15(20)18-21/h1-2,6-7,12-14H,3-5,8-11,17H2. The Hall–Kier alpha value is -1.66. The molecule has 0 aromatic carbocycles. The Kier molecular flexibility index (Phi) is 3.50. The lowest BCUT2D eigenvalue weighted by Crippen LogP contribution is -2.38. The van der Waals surface area contributed by atoms with Crippen LogP contribution in [0.1, 0.15) is 19.3 Å². The molecule has 1 saturated carbocycles. The van der Waals surface area contributed by atoms with E-state index in [0.717, 1.165) is 25.6 Å². The molecule has 1 saturated heterocycles. The van der Waals surface area contributed by atoms with Gasteiger partial charge in [-0.15, -0.1) is 5.10 Å². The van der Waals surface area contributed by atoms with Gasteiger partial charge >= 0.3 is 5.69 Å². The number of rotatable bonds is 3. The molecule has 4 rings (SSSR count). The van der Waals surface area contributed by atoms with Gasteiger partial charge in [0.15, 0.2) is 5.65 Å². The van der Waals surface area contributed by atoms with Gasteiger partial charge in [0.2, 0.25) is 0 Å². The van der Waals surface area contributed by atoms with Crippen LogP contribution in [0.25, 0.3) is 5.65 Å². The van der Waals surface area contributed by atoms with Crippen molar-refractivity contribution in [2.75, 3.05) is 19.6 Å². The molecule has 0 spiro atoms. The summed E-state index contributed by atoms with van der Waals surface area (Å²) in [5.74, 6) is 1.40. The molecule has 2 aromatic heterocycles. The molecule has 1 aliphatic heterocycles. The van der Waals surface area contributed by atoms with Gasteiger partial charge in [0.25, 0.3) is 0 Å². The number of hydrogen-bond donors (Lipinski definition) is 1. The summed E-state index contributed by atoms with van der Waals surface area (Å²) in [5, 5.41) is 4.39. The zero-order chi connectivity index (χ0) is 15.1. The fourth-order valence-electron chi connectivity index (χ4n) is 4.14. The summed E-state index contributed by atoms with van der Waals surface area (Å²) in [6.07, 6.45) is 5.51. The van der Waals surface area contributed by atoms with Crippen LogP contribution in [0, 0.1) is 11.8 Å². The van der Waals surface area contributed by atoms with Crippen LogP contribution in [0.5, 0.6) is 0 Å². The van der Waals surface area contributed by atoms with Crippen LogP contribution in [0.15, 0.2) is 29.2 Å². The first-order chi connectivity index (χ1) is 10.7. The van der Waals surface area contributed by atoms with Gasteiger partial charge in [-0.2, -0.15) is 0 Å². The van der Waals surface area contributed by atoms with E-state index in [-0.39, 0.29) is 5.69 Å². The van der Waals surface area contributed by atoms with Gasteiger partial charge in [-0.25, -0.2) is 9.48 Å². The first-order valence-electron chi connectivity index (χ1n) is 8.24. The van der Waals surface area contributed by atoms with Crippen LogP contribution in [0.3, 0.4) is 0 Å². The van der Waals surface area contributed by atoms with Gasteiger partial charge in [0, 0.05) is 31.9 Å². The lowest BCUT2D eigenvalue weighted by molar-refractivity contribution is 0.259. The SMILES string of the molecule is NC1CCCC2CN(CCn3nc4ccccn4c3=O)CC12. The van der Waals surface area contributed by atoms with Gasteiger partial charge < -0.3 is 10.6 Å². The van der Waals surface area contributed by atoms with Crippen molar-refractivity contribution in [2.45, 2.75) is 31.8 Å². The summed E-state index contributed by atoms with van der Waals surface area (Å²) in [7, 11) is 0. The van der Waals surface area contributed by atoms with E-state index >= 15 is 0 Å². The highest BCUT2D eigenvalue weighted by Gasteiger charge is 2.38. The predicted molar refractivity (Wildman–Crippen MR) is 84.7 cm³/mol. The maximum absolute atomic E-state index is 12.3. The summed E-state index contributed by atoms with van der Waals surface area (Å²) >= 11 is 0. The third-order valence-corrected chi connectivity index (χ3v) is 5.35. The van der Waals surface area contributed by atoms with E-state index in [2.05, 4.69) is 10.00 Å². The van der Waals surface area contributed by atoms with E-state index in [1.807, 2.05) is 18.2 Å². The predicted octanol–water partition coefficient (Wildman–Crippen LogP) is 0.555. The van der Waals surface area contributed by atoms with Gasteiger partial charge in [0.1, 0.15) is 0 Å². The third-order valence-electron chi connectivity index (χ3n) is 5.35. The normalized spacial score (nSPS) is 29.0. The quantitative estimate of drug-likeness (QED) is 0.899. The number of nitrogens with zero attached hydrogens (tertiary/aromatic N) is 4. The average molecular weight is 301 g/mol. The van der Waals surface area contributed by atoms with E-state index in [0.29, 0.717) is 24.2 Å². The summed E-state index contributed by atoms with van der Waals surface area (Å²) in [4.78, 5) is 14.7. The Morgan fingerprint density at radius 3 is 2.95 bits per heavy atom. The highest BCUT2D eigenvalue weighted by molar-refractivity contribution is 5.35. The Morgan fingerprint density at radius 1 is 1.23 bits per heavy atom. The number of likely N-dealkylation sites (tertiary alicyclic amines) is 1. The zero-order valence-corrected chi connectivity index (χ0v) is 12.8. The maximum Gasteiger partial charge on any atom is 0.350 e. The summed E-state index contributed by atoms with van der Waals surface area (Å²) in [6, 6.07) is 5.98. The molecular formula is C16H23N5O. The molecular weight excluding hydrogens is 278 g/mol. The number of fused-ring (bicyclic) bond motifs is 2. The van der Waals surface area contributed by atoms with E-state index in [1.54, 1.807) is 15.3 Å². The van der Waals surface area contributed by atoms with Crippen LogP contribution >= 0.6 is 0 Å². The number of aromatic nitrogens is 3. The Balaban J connectivity index is 1.44. The second kappa shape index (κ2) is 5.52. The Bertz CT molecular complexity index is 721. The molecule has 0 amide bonds. The highest BCUT2D eigenvalue weighted by atomic mass is 16.2. The molecule has 3 unspecified atom stereocenters. The van der Waals surface area contributed by atoms with Crippen molar-refractivity contribution >= 4 is 5.65 Å². The minimum atomic E-state index is -0.0519. The summed E-state index contributed by atoms with van der Waals surface area (Å²) in [6.45, 7) is 3.73. The molecule has 2 fully saturated rings. The van der Waals surface area contributed by atoms with Gasteiger partial charge in [-0.05, 0) is 36.8 Å². The number of nitrogens with two attached hydrogens (primary N) is 1. The molecule has 118 valence electrons. The first-order valence-corrected chi connectivity index (χ1v) is 8.24. The van der Waals surface area contributed by atoms with Gasteiger partial charge in [0.05, 0.1) is 6.54 Å². The molecule has 6 nitrogen and oxygen atoms in total. The van der Waals surface area contributed by atoms with E-state index in [4.69, 9.17) is 5.73 Å². The second-order valence-corrected chi connectivity index (χ2v) is 6.71. The van der Waals surface area contributed by atoms with Crippen LogP contribution in [0.2, 0.25) is 0 Å². The largest absolute Gasteiger partial charge is 0.350 e. The van der Waals surface area contributed by atoms with Crippen molar-refractivity contribution in [3.63, 3.8) is 0 Å². The number of hydrogen-bond acceptors (Lipinski definition) is 4. The third kappa shape index (κ3) is 2.36. The highest BCUT2D eigenvalue weighted by Crippen LogP contribution is 2.35. The van der Waals surface area contributed by atoms with Crippen LogP contribution in [-0.4, -0.2) is 44.8 Å². The monoisotopic (exact) mass is 301 g/mol. The van der Waals surface area contributed by atoms with Crippen LogP contribution in [-0.2, 0) is 6.54 Å². The minimum absolute atomic E-state index is 0.0519. The zero-order valence-electron chi connectivity index (χ0n) is 12.8. The second-order valence-electron chi connectivity index (χ2n) is 6.71. The smallest absolute Gasteiger partial charge is 0.327 e. The number of pyridine rings is 1. The van der Waals surface area contributed by atoms with Crippen molar-refractivity contribution in [2.24, 2.45) is 17.6 Å². The molecule has 0 bridgehead atoms. The van der Waals surface area contributed by atoms with Crippen molar-refractivity contribution in [1.29, 1.82) is 0 Å². The maximum atomic E-state index is 12.3. The van der Waals surface area contributed by atoms with Crippen molar-refractivity contribution in [1.82, 2.24) is 19.1 Å². The first kappa shape index (κ1) is 14.0. The molecule has 22 heavy (non-hydrogen) atoms. The molecule has 3 heterocycles. The molecule has 3 atom stereocenters. The molecule has 0 radical (unpaired) electrons. The van der Waals surface area contributed by atoms with Crippen LogP contribution in [0.4, 0.5) is 0 Å². The van der Waals surface area contributed by atoms with E-state index in [9.17, 15) is 4.79 Å². The van der Waals surface area contributed by atoms with Crippen LogP contribution < -0.4 is 11.4 Å². The topological polar surface area (TPSA) is 68.6 Å². The van der Waals surface area contributed by atoms with E-state index in [1.165, 1.54) is 19.3 Å². The molecule has 2 aromatic rings. The minimum Gasteiger partial charge on any atom is -0.327 e. The Morgan fingerprint density at radius 2 is 2.14 bits per heavy atom. The van der Waals surface area contributed by atoms with Crippen molar-refractivity contribution in [3.8, 4) is 0 Å². The lowest BCUT2D eigenvalue weighted by atomic mass is 9.78. The fourth-order valence-corrected chi connectivity index (χ4v) is 4.14. The summed E-state index contributed by atoms with van der Waals surface area (Å²) < 4.78 is 3.18. The summed E-state index contributed by atoms with van der Waals surface area (Å²) in [5.41, 5.74) is 6.93. The van der Waals surface area contributed by atoms with Gasteiger partial charge in [-0.1, -0.05) is 12.5 Å². The van der Waals surface area contributed by atoms with E-state index < -0.39 is 0 Å². The average Bonchev–Trinajstić information content (AvgIpc) is 3.08. The lowest BCUT2D eigenvalue weighted by Gasteiger charge is -2.29. The molecule has 1 aliphatic carbocycles. The molecule has 6 heteroatoms. The Labute approximate surface area is 129 Å². The van der Waals surface area contributed by atoms with Crippen molar-refractivity contribution in [3.05, 3.63) is 34.9 Å². The van der Waals surface area contributed by atoms with Crippen molar-refractivity contribution < 1.29 is 0 Å². The molecule has 2 N–H and O–H groups in total. The fraction of sp³-hybridized carbons (Fsp3) is 0.625.